The zero-order chi connectivity index (χ0) is 16.5. The van der Waals surface area contributed by atoms with Gasteiger partial charge in [0, 0.05) is 19.2 Å². The molecular formula is C11H11F5N6. The van der Waals surface area contributed by atoms with Crippen molar-refractivity contribution in [3.63, 3.8) is 0 Å². The zero-order valence-electron chi connectivity index (χ0n) is 11.0. The maximum Gasteiger partial charge on any atom is 0.453 e. The van der Waals surface area contributed by atoms with Crippen LogP contribution in [0.4, 0.5) is 22.0 Å². The number of aromatic nitrogens is 3. The Morgan fingerprint density at radius 3 is 2.55 bits per heavy atom. The average Bonchev–Trinajstić information content (AvgIpc) is 2.82. The highest BCUT2D eigenvalue weighted by molar-refractivity contribution is 6.06. The van der Waals surface area contributed by atoms with Gasteiger partial charge in [-0.1, -0.05) is 0 Å². The average molecular weight is 322 g/mol. The minimum absolute atomic E-state index is 0.0703. The lowest BCUT2D eigenvalue weighted by Crippen LogP contribution is -2.37. The summed E-state index contributed by atoms with van der Waals surface area (Å²) in [6.45, 7) is -0.697. The Labute approximate surface area is 120 Å². The third-order valence-electron chi connectivity index (χ3n) is 2.94. The fraction of sp³-hybridized carbons (Fsp3) is 0.364. The standard InChI is InChI=1S/C11H11F5N6/c12-10(13,11(14,15)16)3-5-22-9-6(2-1-4-19-9)7(21-22)8(17)20-18/h1-2,4H,3,5,18H2,(H2,17,20). The number of alkyl halides is 5. The number of hydrogen-bond donors (Lipinski definition) is 2. The van der Waals surface area contributed by atoms with Gasteiger partial charge in [-0.15, -0.1) is 0 Å². The molecule has 0 aliphatic heterocycles. The second-order valence-electron chi connectivity index (χ2n) is 4.41. The van der Waals surface area contributed by atoms with E-state index in [1.165, 1.54) is 18.3 Å². The zero-order valence-corrected chi connectivity index (χ0v) is 11.0. The lowest BCUT2D eigenvalue weighted by atomic mass is 10.2. The lowest BCUT2D eigenvalue weighted by Gasteiger charge is -2.19. The molecule has 22 heavy (non-hydrogen) atoms. The van der Waals surface area contributed by atoms with Gasteiger partial charge in [0.05, 0.1) is 5.39 Å². The van der Waals surface area contributed by atoms with E-state index in [0.29, 0.717) is 5.39 Å². The predicted molar refractivity (Wildman–Crippen MR) is 68.1 cm³/mol. The summed E-state index contributed by atoms with van der Waals surface area (Å²) in [5.74, 6) is 0.0223. The molecule has 2 rings (SSSR count). The van der Waals surface area contributed by atoms with Gasteiger partial charge in [-0.05, 0) is 12.1 Å². The van der Waals surface area contributed by atoms with Crippen LogP contribution in [-0.2, 0) is 6.54 Å². The molecule has 0 atom stereocenters. The number of hydrazone groups is 1. The number of aryl methyl sites for hydroxylation is 1. The third-order valence-corrected chi connectivity index (χ3v) is 2.94. The van der Waals surface area contributed by atoms with Crippen molar-refractivity contribution in [2.75, 3.05) is 0 Å². The minimum Gasteiger partial charge on any atom is -0.380 e. The van der Waals surface area contributed by atoms with Gasteiger partial charge in [-0.25, -0.2) is 9.67 Å². The molecule has 0 saturated heterocycles. The number of rotatable bonds is 4. The first kappa shape index (κ1) is 15.9. The van der Waals surface area contributed by atoms with Gasteiger partial charge in [0.2, 0.25) is 0 Å². The van der Waals surface area contributed by atoms with E-state index in [9.17, 15) is 22.0 Å². The van der Waals surface area contributed by atoms with Gasteiger partial charge in [-0.3, -0.25) is 0 Å². The largest absolute Gasteiger partial charge is 0.453 e. The molecule has 11 heteroatoms. The Kier molecular flexibility index (Phi) is 3.90. The third kappa shape index (κ3) is 2.78. The maximum atomic E-state index is 13.0. The van der Waals surface area contributed by atoms with E-state index < -0.39 is 25.1 Å². The van der Waals surface area contributed by atoms with Gasteiger partial charge in [-0.2, -0.15) is 32.2 Å². The van der Waals surface area contributed by atoms with Crippen molar-refractivity contribution in [3.8, 4) is 0 Å². The summed E-state index contributed by atoms with van der Waals surface area (Å²) in [4.78, 5) is 3.90. The molecule has 2 aromatic rings. The predicted octanol–water partition coefficient (Wildman–Crippen LogP) is 1.60. The SMILES string of the molecule is N/N=C(\N)c1nn(CCC(F)(F)C(F)(F)F)c2ncccc12. The fourth-order valence-electron chi connectivity index (χ4n) is 1.80. The number of fused-ring (bicyclic) bond motifs is 1. The van der Waals surface area contributed by atoms with Gasteiger partial charge < -0.3 is 11.6 Å². The normalized spacial score (nSPS) is 13.8. The number of nitrogens with two attached hydrogens (primary N) is 2. The monoisotopic (exact) mass is 322 g/mol. The van der Waals surface area contributed by atoms with Crippen molar-refractivity contribution in [1.82, 2.24) is 14.8 Å². The molecule has 6 nitrogen and oxygen atoms in total. The van der Waals surface area contributed by atoms with Crippen LogP contribution >= 0.6 is 0 Å². The first-order valence-electron chi connectivity index (χ1n) is 5.97. The van der Waals surface area contributed by atoms with E-state index in [1.807, 2.05) is 0 Å². The van der Waals surface area contributed by atoms with Crippen molar-refractivity contribution >= 4 is 16.9 Å². The van der Waals surface area contributed by atoms with Crippen LogP contribution in [0, 0.1) is 0 Å². The number of nitrogens with zero attached hydrogens (tertiary/aromatic N) is 4. The van der Waals surface area contributed by atoms with Crippen LogP contribution in [0.5, 0.6) is 0 Å². The summed E-state index contributed by atoms with van der Waals surface area (Å²) in [6, 6.07) is 3.06. The minimum atomic E-state index is -5.62. The molecule has 0 bridgehead atoms. The van der Waals surface area contributed by atoms with Crippen LogP contribution < -0.4 is 11.6 Å². The van der Waals surface area contributed by atoms with Crippen molar-refractivity contribution < 1.29 is 22.0 Å². The summed E-state index contributed by atoms with van der Waals surface area (Å²) < 4.78 is 63.5. The van der Waals surface area contributed by atoms with Gasteiger partial charge in [0.15, 0.2) is 11.5 Å². The first-order valence-corrected chi connectivity index (χ1v) is 5.97. The van der Waals surface area contributed by atoms with E-state index in [2.05, 4.69) is 15.2 Å². The second kappa shape index (κ2) is 5.39. The van der Waals surface area contributed by atoms with E-state index in [1.54, 1.807) is 0 Å². The molecule has 4 N–H and O–H groups in total. The summed E-state index contributed by atoms with van der Waals surface area (Å²) in [6.07, 6.45) is -5.74. The topological polar surface area (TPSA) is 95.1 Å². The Bertz CT molecular complexity index is 705. The van der Waals surface area contributed by atoms with Crippen LogP contribution in [-0.4, -0.2) is 32.7 Å². The molecule has 0 spiro atoms. The van der Waals surface area contributed by atoms with Gasteiger partial charge in [0.25, 0.3) is 0 Å². The fourth-order valence-corrected chi connectivity index (χ4v) is 1.80. The summed E-state index contributed by atoms with van der Waals surface area (Å²) in [5, 5.41) is 7.45. The maximum absolute atomic E-state index is 13.0. The molecule has 2 aromatic heterocycles. The first-order chi connectivity index (χ1) is 10.2. The summed E-state index contributed by atoms with van der Waals surface area (Å²) in [5.41, 5.74) is 5.70. The Morgan fingerprint density at radius 2 is 1.95 bits per heavy atom. The molecule has 0 unspecified atom stereocenters. The highest BCUT2D eigenvalue weighted by Gasteiger charge is 2.56. The van der Waals surface area contributed by atoms with Gasteiger partial charge in [0.1, 0.15) is 5.69 Å². The molecule has 120 valence electrons. The molecular weight excluding hydrogens is 311 g/mol. The number of halogens is 5. The smallest absolute Gasteiger partial charge is 0.380 e. The molecule has 2 heterocycles. The lowest BCUT2D eigenvalue weighted by molar-refractivity contribution is -0.285. The Balaban J connectivity index is 2.37. The number of hydrogen-bond acceptors (Lipinski definition) is 4. The molecule has 0 saturated carbocycles. The quantitative estimate of drug-likeness (QED) is 0.294. The van der Waals surface area contributed by atoms with Crippen LogP contribution in [0.15, 0.2) is 23.4 Å². The van der Waals surface area contributed by atoms with Crippen LogP contribution in [0.2, 0.25) is 0 Å². The Morgan fingerprint density at radius 1 is 1.27 bits per heavy atom. The molecule has 0 aromatic carbocycles. The second-order valence-corrected chi connectivity index (χ2v) is 4.41. The highest BCUT2D eigenvalue weighted by atomic mass is 19.4. The van der Waals surface area contributed by atoms with E-state index in [4.69, 9.17) is 11.6 Å². The van der Waals surface area contributed by atoms with E-state index in [-0.39, 0.29) is 17.2 Å². The number of pyridine rings is 1. The molecule has 0 fully saturated rings. The number of amidine groups is 1. The highest BCUT2D eigenvalue weighted by Crippen LogP contribution is 2.38. The van der Waals surface area contributed by atoms with Crippen molar-refractivity contribution in [1.29, 1.82) is 0 Å². The Hall–Kier alpha value is -2.46. The molecule has 0 amide bonds. The van der Waals surface area contributed by atoms with E-state index >= 15 is 0 Å². The van der Waals surface area contributed by atoms with Crippen molar-refractivity contribution in [2.45, 2.75) is 25.1 Å². The summed E-state index contributed by atoms with van der Waals surface area (Å²) >= 11 is 0. The molecule has 0 aliphatic carbocycles. The molecule has 0 radical (unpaired) electrons. The van der Waals surface area contributed by atoms with Gasteiger partial charge >= 0.3 is 12.1 Å². The summed E-state index contributed by atoms with van der Waals surface area (Å²) in [7, 11) is 0. The molecule has 0 aliphatic rings. The van der Waals surface area contributed by atoms with Crippen molar-refractivity contribution in [2.24, 2.45) is 16.7 Å². The van der Waals surface area contributed by atoms with Crippen molar-refractivity contribution in [3.05, 3.63) is 24.0 Å². The van der Waals surface area contributed by atoms with Crippen LogP contribution in [0.25, 0.3) is 11.0 Å². The van der Waals surface area contributed by atoms with Crippen LogP contribution in [0.3, 0.4) is 0 Å². The van der Waals surface area contributed by atoms with Crippen LogP contribution in [0.1, 0.15) is 12.1 Å². The van der Waals surface area contributed by atoms with E-state index in [0.717, 1.165) is 4.68 Å².